The van der Waals surface area contributed by atoms with Gasteiger partial charge in [0.15, 0.2) is 0 Å². The predicted molar refractivity (Wildman–Crippen MR) is 93.1 cm³/mol. The summed E-state index contributed by atoms with van der Waals surface area (Å²) < 4.78 is 0. The van der Waals surface area contributed by atoms with Crippen LogP contribution < -0.4 is 5.32 Å². The molecular formula is C18H32N2S. The Labute approximate surface area is 134 Å². The highest BCUT2D eigenvalue weighted by Crippen LogP contribution is 2.41. The van der Waals surface area contributed by atoms with Gasteiger partial charge in [0.2, 0.25) is 0 Å². The summed E-state index contributed by atoms with van der Waals surface area (Å²) in [5.74, 6) is 0.732. The Hall–Kier alpha value is -0.410. The van der Waals surface area contributed by atoms with E-state index in [1.165, 1.54) is 42.8 Å². The molecule has 21 heavy (non-hydrogen) atoms. The van der Waals surface area contributed by atoms with Crippen LogP contribution in [0.4, 0.5) is 0 Å². The fourth-order valence-electron chi connectivity index (χ4n) is 3.22. The lowest BCUT2D eigenvalue weighted by molar-refractivity contribution is 0.272. The Kier molecular flexibility index (Phi) is 5.48. The molecule has 2 rings (SSSR count). The summed E-state index contributed by atoms with van der Waals surface area (Å²) in [5, 5.41) is 7.31. The smallest absolute Gasteiger partial charge is 0.0934 e. The SMILES string of the molecule is CC(C)CNCC1(Cc2nc(C(C)(C)C)cs2)CCCC1. The molecule has 0 unspecified atom stereocenters. The summed E-state index contributed by atoms with van der Waals surface area (Å²) in [4.78, 5) is 4.92. The van der Waals surface area contributed by atoms with Crippen LogP contribution in [-0.4, -0.2) is 18.1 Å². The van der Waals surface area contributed by atoms with Crippen molar-refractivity contribution >= 4 is 11.3 Å². The van der Waals surface area contributed by atoms with Gasteiger partial charge >= 0.3 is 0 Å². The monoisotopic (exact) mass is 308 g/mol. The summed E-state index contributed by atoms with van der Waals surface area (Å²) in [7, 11) is 0. The van der Waals surface area contributed by atoms with Crippen LogP contribution in [-0.2, 0) is 11.8 Å². The van der Waals surface area contributed by atoms with Crippen molar-refractivity contribution in [2.45, 2.75) is 72.1 Å². The second kappa shape index (κ2) is 6.78. The van der Waals surface area contributed by atoms with E-state index in [0.717, 1.165) is 19.0 Å². The van der Waals surface area contributed by atoms with Crippen LogP contribution >= 0.6 is 11.3 Å². The van der Waals surface area contributed by atoms with E-state index in [2.05, 4.69) is 45.3 Å². The lowest BCUT2D eigenvalue weighted by Gasteiger charge is -2.29. The fourth-order valence-corrected chi connectivity index (χ4v) is 4.42. The van der Waals surface area contributed by atoms with Crippen LogP contribution in [0.15, 0.2) is 5.38 Å². The molecule has 0 bridgehead atoms. The lowest BCUT2D eigenvalue weighted by Crippen LogP contribution is -2.35. The molecule has 0 spiro atoms. The number of thiazole rings is 1. The van der Waals surface area contributed by atoms with Gasteiger partial charge in [-0.3, -0.25) is 0 Å². The number of aromatic nitrogens is 1. The van der Waals surface area contributed by atoms with Crippen LogP contribution in [0.5, 0.6) is 0 Å². The Bertz CT molecular complexity index is 436. The van der Waals surface area contributed by atoms with Crippen molar-refractivity contribution in [2.75, 3.05) is 13.1 Å². The number of hydrogen-bond donors (Lipinski definition) is 1. The molecule has 0 atom stereocenters. The largest absolute Gasteiger partial charge is 0.316 e. The van der Waals surface area contributed by atoms with Crippen LogP contribution in [0.3, 0.4) is 0 Å². The van der Waals surface area contributed by atoms with E-state index in [9.17, 15) is 0 Å². The zero-order valence-electron chi connectivity index (χ0n) is 14.5. The Morgan fingerprint density at radius 3 is 2.48 bits per heavy atom. The standard InChI is InChI=1S/C18H32N2S/c1-14(2)11-19-13-18(8-6-7-9-18)10-16-20-15(12-21-16)17(3,4)5/h12,14,19H,6-11,13H2,1-5H3. The summed E-state index contributed by atoms with van der Waals surface area (Å²) in [6.07, 6.45) is 6.67. The molecule has 1 heterocycles. The van der Waals surface area contributed by atoms with E-state index in [1.807, 2.05) is 11.3 Å². The van der Waals surface area contributed by atoms with Crippen molar-refractivity contribution in [3.05, 3.63) is 16.1 Å². The summed E-state index contributed by atoms with van der Waals surface area (Å²) in [5.41, 5.74) is 1.89. The molecule has 0 radical (unpaired) electrons. The van der Waals surface area contributed by atoms with E-state index < -0.39 is 0 Å². The molecule has 1 N–H and O–H groups in total. The van der Waals surface area contributed by atoms with Crippen LogP contribution in [0.1, 0.15) is 71.0 Å². The number of nitrogens with one attached hydrogen (secondary N) is 1. The normalized spacial score (nSPS) is 18.6. The van der Waals surface area contributed by atoms with Gasteiger partial charge in [-0.2, -0.15) is 0 Å². The van der Waals surface area contributed by atoms with Crippen molar-refractivity contribution in [1.82, 2.24) is 10.3 Å². The van der Waals surface area contributed by atoms with Crippen LogP contribution in [0.25, 0.3) is 0 Å². The van der Waals surface area contributed by atoms with Gasteiger partial charge in [0.05, 0.1) is 10.7 Å². The van der Waals surface area contributed by atoms with Crippen molar-refractivity contribution in [3.63, 3.8) is 0 Å². The van der Waals surface area contributed by atoms with Crippen molar-refractivity contribution in [1.29, 1.82) is 0 Å². The van der Waals surface area contributed by atoms with Crippen molar-refractivity contribution < 1.29 is 0 Å². The van der Waals surface area contributed by atoms with Gasteiger partial charge in [-0.1, -0.05) is 47.5 Å². The van der Waals surface area contributed by atoms with E-state index in [0.29, 0.717) is 5.41 Å². The van der Waals surface area contributed by atoms with Crippen LogP contribution in [0.2, 0.25) is 0 Å². The van der Waals surface area contributed by atoms with Gasteiger partial charge in [-0.05, 0) is 30.7 Å². The molecule has 2 nitrogen and oxygen atoms in total. The van der Waals surface area contributed by atoms with E-state index in [1.54, 1.807) is 0 Å². The van der Waals surface area contributed by atoms with E-state index in [-0.39, 0.29) is 5.41 Å². The minimum absolute atomic E-state index is 0.174. The highest BCUT2D eigenvalue weighted by Gasteiger charge is 2.34. The molecule has 1 aromatic rings. The zero-order chi connectivity index (χ0) is 15.5. The Morgan fingerprint density at radius 2 is 1.95 bits per heavy atom. The fraction of sp³-hybridized carbons (Fsp3) is 0.833. The molecule has 1 fully saturated rings. The maximum Gasteiger partial charge on any atom is 0.0934 e. The first-order chi connectivity index (χ1) is 9.81. The average Bonchev–Trinajstić information content (AvgIpc) is 2.98. The van der Waals surface area contributed by atoms with E-state index >= 15 is 0 Å². The highest BCUT2D eigenvalue weighted by atomic mass is 32.1. The molecule has 0 saturated heterocycles. The number of nitrogens with zero attached hydrogens (tertiary/aromatic N) is 1. The highest BCUT2D eigenvalue weighted by molar-refractivity contribution is 7.09. The molecule has 120 valence electrons. The summed E-state index contributed by atoms with van der Waals surface area (Å²) in [6, 6.07) is 0. The second-order valence-electron chi connectivity index (χ2n) is 8.29. The number of hydrogen-bond acceptors (Lipinski definition) is 3. The first kappa shape index (κ1) is 17.0. The van der Waals surface area contributed by atoms with Gasteiger partial charge in [0, 0.05) is 23.8 Å². The molecule has 1 aromatic heterocycles. The predicted octanol–water partition coefficient (Wildman–Crippen LogP) is 4.79. The van der Waals surface area contributed by atoms with Crippen LogP contribution in [0, 0.1) is 11.3 Å². The van der Waals surface area contributed by atoms with Gasteiger partial charge in [0.1, 0.15) is 0 Å². The van der Waals surface area contributed by atoms with E-state index in [4.69, 9.17) is 4.98 Å². The minimum atomic E-state index is 0.174. The van der Waals surface area contributed by atoms with Gasteiger partial charge < -0.3 is 5.32 Å². The molecular weight excluding hydrogens is 276 g/mol. The maximum atomic E-state index is 4.92. The third kappa shape index (κ3) is 4.79. The Morgan fingerprint density at radius 1 is 1.29 bits per heavy atom. The van der Waals surface area contributed by atoms with Gasteiger partial charge in [-0.15, -0.1) is 11.3 Å². The molecule has 0 aromatic carbocycles. The second-order valence-corrected chi connectivity index (χ2v) is 9.23. The summed E-state index contributed by atoms with van der Waals surface area (Å²) >= 11 is 1.86. The topological polar surface area (TPSA) is 24.9 Å². The van der Waals surface area contributed by atoms with Crippen molar-refractivity contribution in [2.24, 2.45) is 11.3 Å². The quantitative estimate of drug-likeness (QED) is 0.817. The summed E-state index contributed by atoms with van der Waals surface area (Å²) in [6.45, 7) is 13.6. The first-order valence-electron chi connectivity index (χ1n) is 8.46. The Balaban J connectivity index is 2.00. The van der Waals surface area contributed by atoms with Gasteiger partial charge in [-0.25, -0.2) is 4.98 Å². The minimum Gasteiger partial charge on any atom is -0.316 e. The molecule has 1 aliphatic carbocycles. The zero-order valence-corrected chi connectivity index (χ0v) is 15.3. The average molecular weight is 309 g/mol. The maximum absolute atomic E-state index is 4.92. The lowest BCUT2D eigenvalue weighted by atomic mass is 9.82. The third-order valence-electron chi connectivity index (χ3n) is 4.56. The molecule has 1 saturated carbocycles. The molecule has 0 aliphatic heterocycles. The van der Waals surface area contributed by atoms with Gasteiger partial charge in [0.25, 0.3) is 0 Å². The third-order valence-corrected chi connectivity index (χ3v) is 5.41. The molecule has 3 heteroatoms. The number of rotatable bonds is 6. The van der Waals surface area contributed by atoms with Crippen molar-refractivity contribution in [3.8, 4) is 0 Å². The first-order valence-corrected chi connectivity index (χ1v) is 9.34. The molecule has 0 amide bonds. The molecule has 1 aliphatic rings.